The van der Waals surface area contributed by atoms with Crippen LogP contribution in [-0.4, -0.2) is 31.4 Å². The molecule has 0 unspecified atom stereocenters. The Bertz CT molecular complexity index is 870. The van der Waals surface area contributed by atoms with Gasteiger partial charge in [-0.3, -0.25) is 14.7 Å². The van der Waals surface area contributed by atoms with Gasteiger partial charge in [0.2, 0.25) is 0 Å². The van der Waals surface area contributed by atoms with Crippen molar-refractivity contribution in [1.29, 1.82) is 0 Å². The molecule has 1 N–H and O–H groups in total. The number of benzene rings is 1. The number of fused-ring (bicyclic) bond motifs is 1. The van der Waals surface area contributed by atoms with E-state index in [0.717, 1.165) is 32.6 Å². The number of aromatic amines is 1. The van der Waals surface area contributed by atoms with E-state index in [9.17, 15) is 0 Å². The molecule has 0 saturated carbocycles. The highest BCUT2D eigenvalue weighted by Gasteiger charge is 2.28. The minimum atomic E-state index is 0.0801. The predicted octanol–water partition coefficient (Wildman–Crippen LogP) is 3.51. The van der Waals surface area contributed by atoms with E-state index in [1.165, 1.54) is 28.1 Å². The minimum absolute atomic E-state index is 0.0801. The Hall–Kier alpha value is -2.40. The molecule has 5 nitrogen and oxygen atoms in total. The number of nitrogens with zero attached hydrogens (tertiary/aromatic N) is 4. The van der Waals surface area contributed by atoms with E-state index >= 15 is 0 Å². The van der Waals surface area contributed by atoms with Crippen molar-refractivity contribution < 1.29 is 0 Å². The number of hydrogen-bond donors (Lipinski definition) is 1. The molecule has 3 heterocycles. The zero-order chi connectivity index (χ0) is 18.1. The molecule has 5 heteroatoms. The molecule has 1 aliphatic rings. The van der Waals surface area contributed by atoms with Gasteiger partial charge in [0, 0.05) is 55.1 Å². The van der Waals surface area contributed by atoms with Gasteiger partial charge in [-0.1, -0.05) is 45.0 Å². The molecule has 1 aliphatic heterocycles. The van der Waals surface area contributed by atoms with Crippen LogP contribution in [0.1, 0.15) is 48.8 Å². The Kier molecular flexibility index (Phi) is 4.41. The van der Waals surface area contributed by atoms with Crippen LogP contribution >= 0.6 is 0 Å². The van der Waals surface area contributed by atoms with E-state index in [1.54, 1.807) is 0 Å². The third-order valence-corrected chi connectivity index (χ3v) is 5.02. The monoisotopic (exact) mass is 349 g/mol. The largest absolute Gasteiger partial charge is 0.294 e. The summed E-state index contributed by atoms with van der Waals surface area (Å²) in [4.78, 5) is 2.53. The Balaban J connectivity index is 1.48. The van der Waals surface area contributed by atoms with Crippen LogP contribution in [0.15, 0.2) is 42.7 Å². The maximum absolute atomic E-state index is 4.61. The van der Waals surface area contributed by atoms with E-state index in [0.29, 0.717) is 0 Å². The van der Waals surface area contributed by atoms with Gasteiger partial charge >= 0.3 is 0 Å². The smallest absolute Gasteiger partial charge is 0.0723 e. The zero-order valence-corrected chi connectivity index (χ0v) is 15.9. The molecule has 0 spiro atoms. The summed E-state index contributed by atoms with van der Waals surface area (Å²) >= 11 is 0. The van der Waals surface area contributed by atoms with E-state index in [2.05, 4.69) is 65.2 Å². The maximum Gasteiger partial charge on any atom is 0.0723 e. The highest BCUT2D eigenvalue weighted by Crippen LogP contribution is 2.30. The van der Waals surface area contributed by atoms with Crippen LogP contribution in [0.25, 0.3) is 0 Å². The molecule has 136 valence electrons. The van der Waals surface area contributed by atoms with Gasteiger partial charge in [0.25, 0.3) is 0 Å². The minimum Gasteiger partial charge on any atom is -0.294 e. The van der Waals surface area contributed by atoms with Crippen molar-refractivity contribution in [1.82, 2.24) is 24.9 Å². The lowest BCUT2D eigenvalue weighted by Gasteiger charge is -2.29. The Morgan fingerprint density at radius 3 is 2.65 bits per heavy atom. The Labute approximate surface area is 155 Å². The topological polar surface area (TPSA) is 49.7 Å². The second-order valence-electron chi connectivity index (χ2n) is 8.26. The molecular weight excluding hydrogens is 322 g/mol. The number of hydrogen-bond acceptors (Lipinski definition) is 3. The van der Waals surface area contributed by atoms with Gasteiger partial charge in [-0.05, 0) is 17.2 Å². The second kappa shape index (κ2) is 6.72. The van der Waals surface area contributed by atoms with Crippen LogP contribution in [0.3, 0.4) is 0 Å². The summed E-state index contributed by atoms with van der Waals surface area (Å²) in [5.41, 5.74) is 6.66. The number of aromatic nitrogens is 4. The summed E-state index contributed by atoms with van der Waals surface area (Å²) in [6.45, 7) is 10.6. The van der Waals surface area contributed by atoms with Crippen LogP contribution in [-0.2, 0) is 31.5 Å². The van der Waals surface area contributed by atoms with Crippen LogP contribution in [0.5, 0.6) is 0 Å². The van der Waals surface area contributed by atoms with Crippen LogP contribution < -0.4 is 0 Å². The average Bonchev–Trinajstić information content (AvgIpc) is 3.23. The fraction of sp³-hybridized carbons (Fsp3) is 0.429. The molecule has 0 aliphatic carbocycles. The van der Waals surface area contributed by atoms with Crippen molar-refractivity contribution >= 4 is 0 Å². The first-order valence-corrected chi connectivity index (χ1v) is 9.33. The summed E-state index contributed by atoms with van der Waals surface area (Å²) in [6.07, 6.45) is 4.88. The molecular formula is C21H27N5. The van der Waals surface area contributed by atoms with Gasteiger partial charge in [-0.2, -0.15) is 10.2 Å². The van der Waals surface area contributed by atoms with Gasteiger partial charge in [-0.15, -0.1) is 0 Å². The Morgan fingerprint density at radius 1 is 1.12 bits per heavy atom. The first kappa shape index (κ1) is 17.0. The van der Waals surface area contributed by atoms with Gasteiger partial charge in [0.05, 0.1) is 12.2 Å². The van der Waals surface area contributed by atoms with Crippen LogP contribution in [0.4, 0.5) is 0 Å². The van der Waals surface area contributed by atoms with E-state index in [4.69, 9.17) is 0 Å². The quantitative estimate of drug-likeness (QED) is 0.784. The molecule has 2 aromatic heterocycles. The van der Waals surface area contributed by atoms with E-state index < -0.39 is 0 Å². The van der Waals surface area contributed by atoms with Gasteiger partial charge in [-0.25, -0.2) is 0 Å². The molecule has 0 amide bonds. The third kappa shape index (κ3) is 3.58. The van der Waals surface area contributed by atoms with Gasteiger partial charge < -0.3 is 0 Å². The molecule has 26 heavy (non-hydrogen) atoms. The first-order chi connectivity index (χ1) is 12.5. The van der Waals surface area contributed by atoms with Crippen molar-refractivity contribution in [3.05, 3.63) is 70.8 Å². The van der Waals surface area contributed by atoms with Crippen molar-refractivity contribution in [3.8, 4) is 0 Å². The standard InChI is InChI=1S/C21H27N5/c1-21(2,3)20-18-15-25(11-8-19(18)23-24-20)13-16-6-4-7-17(12-16)14-26-10-5-9-22-26/h4-7,9-10,12H,8,11,13-15H2,1-3H3,(H,23,24). The van der Waals surface area contributed by atoms with Gasteiger partial charge in [0.1, 0.15) is 0 Å². The highest BCUT2D eigenvalue weighted by molar-refractivity contribution is 5.32. The average molecular weight is 349 g/mol. The fourth-order valence-electron chi connectivity index (χ4n) is 3.77. The summed E-state index contributed by atoms with van der Waals surface area (Å²) in [5, 5.41) is 12.2. The summed E-state index contributed by atoms with van der Waals surface area (Å²) < 4.78 is 1.97. The number of rotatable bonds is 4. The van der Waals surface area contributed by atoms with E-state index in [1.807, 2.05) is 23.1 Å². The molecule has 1 aromatic carbocycles. The fourth-order valence-corrected chi connectivity index (χ4v) is 3.77. The maximum atomic E-state index is 4.61. The van der Waals surface area contributed by atoms with Crippen molar-refractivity contribution in [2.45, 2.75) is 52.2 Å². The molecule has 0 bridgehead atoms. The summed E-state index contributed by atoms with van der Waals surface area (Å²) in [7, 11) is 0. The SMILES string of the molecule is CC(C)(C)c1n[nH]c2c1CN(Cc1cccc(Cn3cccn3)c1)CC2. The zero-order valence-electron chi connectivity index (χ0n) is 15.9. The Morgan fingerprint density at radius 2 is 1.92 bits per heavy atom. The van der Waals surface area contributed by atoms with Crippen molar-refractivity contribution in [3.63, 3.8) is 0 Å². The molecule has 0 atom stereocenters. The molecule has 4 rings (SSSR count). The second-order valence-corrected chi connectivity index (χ2v) is 8.26. The molecule has 0 saturated heterocycles. The summed E-state index contributed by atoms with van der Waals surface area (Å²) in [5.74, 6) is 0. The normalized spacial score (nSPS) is 15.2. The van der Waals surface area contributed by atoms with E-state index in [-0.39, 0.29) is 5.41 Å². The third-order valence-electron chi connectivity index (χ3n) is 5.02. The summed E-state index contributed by atoms with van der Waals surface area (Å²) in [6, 6.07) is 10.8. The van der Waals surface area contributed by atoms with Crippen LogP contribution in [0.2, 0.25) is 0 Å². The highest BCUT2D eigenvalue weighted by atomic mass is 15.3. The number of nitrogens with one attached hydrogen (secondary N) is 1. The lowest BCUT2D eigenvalue weighted by Crippen LogP contribution is -2.31. The first-order valence-electron chi connectivity index (χ1n) is 9.33. The van der Waals surface area contributed by atoms with Crippen LogP contribution in [0, 0.1) is 0 Å². The van der Waals surface area contributed by atoms with Gasteiger partial charge in [0.15, 0.2) is 0 Å². The molecule has 0 radical (unpaired) electrons. The van der Waals surface area contributed by atoms with Crippen molar-refractivity contribution in [2.75, 3.05) is 6.54 Å². The predicted molar refractivity (Wildman–Crippen MR) is 103 cm³/mol. The lowest BCUT2D eigenvalue weighted by molar-refractivity contribution is 0.242. The lowest BCUT2D eigenvalue weighted by atomic mass is 9.87. The number of H-pyrrole nitrogens is 1. The molecule has 3 aromatic rings. The van der Waals surface area contributed by atoms with Crippen molar-refractivity contribution in [2.24, 2.45) is 0 Å². The molecule has 0 fully saturated rings.